The Balaban J connectivity index is 1.01. The molecule has 13 rings (SSSR count). The average Bonchev–Trinajstić information content (AvgIpc) is 3.87. The molecule has 0 heterocycles. The van der Waals surface area contributed by atoms with Gasteiger partial charge in [-0.1, -0.05) is 188 Å². The fourth-order valence-electron chi connectivity index (χ4n) is 11.1. The fourth-order valence-corrected chi connectivity index (χ4v) is 11.1. The third-order valence-corrected chi connectivity index (χ3v) is 14.0. The van der Waals surface area contributed by atoms with Crippen LogP contribution in [0.2, 0.25) is 0 Å². The number of hydrogen-bond acceptors (Lipinski definition) is 2. The lowest BCUT2D eigenvalue weighted by atomic mass is 9.70. The summed E-state index contributed by atoms with van der Waals surface area (Å²) in [6.45, 7) is 0. The molecule has 0 saturated carbocycles. The molecular formula is C65H44N2. The van der Waals surface area contributed by atoms with Crippen molar-refractivity contribution in [3.05, 3.63) is 289 Å². The van der Waals surface area contributed by atoms with Crippen molar-refractivity contribution in [2.24, 2.45) is 0 Å². The molecule has 2 heteroatoms. The quantitative estimate of drug-likeness (QED) is 0.150. The zero-order chi connectivity index (χ0) is 44.3. The molecule has 0 aromatic heterocycles. The maximum Gasteiger partial charge on any atom is 0.0727 e. The maximum atomic E-state index is 2.49. The molecule has 0 N–H and O–H groups in total. The van der Waals surface area contributed by atoms with Crippen molar-refractivity contribution >= 4 is 44.9 Å². The van der Waals surface area contributed by atoms with Gasteiger partial charge in [-0.2, -0.15) is 0 Å². The topological polar surface area (TPSA) is 6.48 Å². The van der Waals surface area contributed by atoms with Gasteiger partial charge in [0.25, 0.3) is 0 Å². The summed E-state index contributed by atoms with van der Waals surface area (Å²) in [5, 5.41) is 2.42. The van der Waals surface area contributed by atoms with Crippen molar-refractivity contribution in [2.75, 3.05) is 9.80 Å². The van der Waals surface area contributed by atoms with Crippen LogP contribution in [-0.2, 0) is 5.41 Å². The Bertz CT molecular complexity index is 3610. The summed E-state index contributed by atoms with van der Waals surface area (Å²) in [4.78, 5) is 4.84. The molecule has 0 amide bonds. The molecule has 2 aliphatic rings. The van der Waals surface area contributed by atoms with Crippen LogP contribution in [0, 0.1) is 0 Å². The predicted molar refractivity (Wildman–Crippen MR) is 280 cm³/mol. The summed E-state index contributed by atoms with van der Waals surface area (Å²) in [6, 6.07) is 98.1. The van der Waals surface area contributed by atoms with E-state index in [9.17, 15) is 0 Å². The third-order valence-electron chi connectivity index (χ3n) is 14.0. The highest BCUT2D eigenvalue weighted by molar-refractivity contribution is 5.98. The van der Waals surface area contributed by atoms with Gasteiger partial charge in [-0.3, -0.25) is 0 Å². The molecular weight excluding hydrogens is 809 g/mol. The number of anilines is 6. The Labute approximate surface area is 391 Å². The Morgan fingerprint density at radius 3 is 1.12 bits per heavy atom. The Hall–Kier alpha value is -8.72. The molecule has 0 bridgehead atoms. The first kappa shape index (κ1) is 38.7. The number of benzene rings is 11. The van der Waals surface area contributed by atoms with E-state index in [4.69, 9.17) is 0 Å². The minimum absolute atomic E-state index is 0.570. The van der Waals surface area contributed by atoms with Gasteiger partial charge < -0.3 is 9.80 Å². The predicted octanol–water partition coefficient (Wildman–Crippen LogP) is 17.5. The van der Waals surface area contributed by atoms with Crippen LogP contribution in [0.15, 0.2) is 267 Å². The van der Waals surface area contributed by atoms with E-state index in [0.717, 1.165) is 34.1 Å². The Morgan fingerprint density at radius 1 is 0.209 bits per heavy atom. The summed E-state index contributed by atoms with van der Waals surface area (Å²) in [6.07, 6.45) is 0. The van der Waals surface area contributed by atoms with Crippen molar-refractivity contribution in [2.45, 2.75) is 5.41 Å². The van der Waals surface area contributed by atoms with Gasteiger partial charge in [0.15, 0.2) is 0 Å². The highest BCUT2D eigenvalue weighted by Gasteiger charge is 2.52. The molecule has 0 saturated heterocycles. The van der Waals surface area contributed by atoms with Crippen molar-refractivity contribution in [3.8, 4) is 44.5 Å². The van der Waals surface area contributed by atoms with Crippen molar-refractivity contribution in [3.63, 3.8) is 0 Å². The van der Waals surface area contributed by atoms with Crippen LogP contribution >= 0.6 is 0 Å². The van der Waals surface area contributed by atoms with E-state index in [1.165, 1.54) is 77.5 Å². The van der Waals surface area contributed by atoms with Crippen molar-refractivity contribution in [1.82, 2.24) is 0 Å². The summed E-state index contributed by atoms with van der Waals surface area (Å²) in [7, 11) is 0. The lowest BCUT2D eigenvalue weighted by molar-refractivity contribution is 0.793. The summed E-state index contributed by atoms with van der Waals surface area (Å²) in [5.74, 6) is 0. The smallest absolute Gasteiger partial charge is 0.0727 e. The molecule has 1 spiro atoms. The van der Waals surface area contributed by atoms with E-state index in [0.29, 0.717) is 0 Å². The first-order chi connectivity index (χ1) is 33.2. The highest BCUT2D eigenvalue weighted by atomic mass is 15.1. The van der Waals surface area contributed by atoms with E-state index in [1.54, 1.807) is 0 Å². The van der Waals surface area contributed by atoms with Crippen molar-refractivity contribution in [1.29, 1.82) is 0 Å². The van der Waals surface area contributed by atoms with Gasteiger partial charge in [-0.05, 0) is 156 Å². The minimum Gasteiger partial charge on any atom is -0.310 e. The lowest BCUT2D eigenvalue weighted by Crippen LogP contribution is -2.26. The maximum absolute atomic E-state index is 2.49. The number of nitrogens with zero attached hydrogens (tertiary/aromatic N) is 2. The standard InChI is InChI=1S/C65H44N2/c1-5-17-45(18-6-1)47-31-34-53(35-32-47)66(51-21-9-3-10-22-51)55-37-39-59-57-25-13-15-27-61(57)65(63(59)43-55)62-28-16-14-26-58(62)60-40-38-56(44-64(60)65)67(52-23-11-4-12-24-52)54-36-33-48-29-30-49(41-50(48)42-54)46-19-7-2-8-20-46/h1-44H. The number of fused-ring (bicyclic) bond motifs is 11. The highest BCUT2D eigenvalue weighted by Crippen LogP contribution is 2.64. The molecule has 0 aliphatic heterocycles. The van der Waals surface area contributed by atoms with E-state index >= 15 is 0 Å². The second-order valence-electron chi connectivity index (χ2n) is 17.7. The van der Waals surface area contributed by atoms with Gasteiger partial charge in [-0.15, -0.1) is 0 Å². The molecule has 1 atom stereocenters. The van der Waals surface area contributed by atoms with Gasteiger partial charge in [-0.25, -0.2) is 0 Å². The minimum atomic E-state index is -0.570. The molecule has 0 fully saturated rings. The average molecular weight is 853 g/mol. The molecule has 0 radical (unpaired) electrons. The summed E-state index contributed by atoms with van der Waals surface area (Å²) >= 11 is 0. The molecule has 67 heavy (non-hydrogen) atoms. The van der Waals surface area contributed by atoms with Crippen LogP contribution in [-0.4, -0.2) is 0 Å². The van der Waals surface area contributed by atoms with E-state index in [-0.39, 0.29) is 0 Å². The van der Waals surface area contributed by atoms with E-state index in [2.05, 4.69) is 277 Å². The van der Waals surface area contributed by atoms with Crippen LogP contribution < -0.4 is 9.80 Å². The molecule has 11 aromatic rings. The number of hydrogen-bond donors (Lipinski definition) is 0. The van der Waals surface area contributed by atoms with Gasteiger partial charge in [0.1, 0.15) is 0 Å². The lowest BCUT2D eigenvalue weighted by Gasteiger charge is -2.33. The van der Waals surface area contributed by atoms with Crippen LogP contribution in [0.3, 0.4) is 0 Å². The Morgan fingerprint density at radius 2 is 0.567 bits per heavy atom. The summed E-state index contributed by atoms with van der Waals surface area (Å²) < 4.78 is 0. The fraction of sp³-hybridized carbons (Fsp3) is 0.0154. The molecule has 2 aliphatic carbocycles. The van der Waals surface area contributed by atoms with E-state index in [1.807, 2.05) is 0 Å². The van der Waals surface area contributed by atoms with Gasteiger partial charge >= 0.3 is 0 Å². The SMILES string of the molecule is c1ccc(-c2ccc(N(c3ccccc3)c3ccc4c(c3)C3(c5ccccc5-4)c4ccccc4-c4ccc(N(c5ccccc5)c5ccc6ccc(-c7ccccc7)cc6c5)cc43)cc2)cc1. The van der Waals surface area contributed by atoms with Gasteiger partial charge in [0.2, 0.25) is 0 Å². The van der Waals surface area contributed by atoms with E-state index < -0.39 is 5.41 Å². The van der Waals surface area contributed by atoms with Crippen LogP contribution in [0.5, 0.6) is 0 Å². The molecule has 314 valence electrons. The monoisotopic (exact) mass is 852 g/mol. The zero-order valence-corrected chi connectivity index (χ0v) is 36.8. The summed E-state index contributed by atoms with van der Waals surface area (Å²) in [5.41, 5.74) is 21.2. The molecule has 2 nitrogen and oxygen atoms in total. The van der Waals surface area contributed by atoms with Gasteiger partial charge in [0.05, 0.1) is 5.41 Å². The first-order valence-corrected chi connectivity index (χ1v) is 23.2. The molecule has 1 unspecified atom stereocenters. The third kappa shape index (κ3) is 6.26. The van der Waals surface area contributed by atoms with Crippen LogP contribution in [0.4, 0.5) is 34.1 Å². The van der Waals surface area contributed by atoms with Crippen LogP contribution in [0.25, 0.3) is 55.3 Å². The number of rotatable bonds is 8. The van der Waals surface area contributed by atoms with Crippen molar-refractivity contribution < 1.29 is 0 Å². The van der Waals surface area contributed by atoms with Gasteiger partial charge in [0, 0.05) is 34.1 Å². The molecule has 11 aromatic carbocycles. The number of para-hydroxylation sites is 2. The second kappa shape index (κ2) is 15.8. The van der Waals surface area contributed by atoms with Crippen LogP contribution in [0.1, 0.15) is 22.3 Å². The zero-order valence-electron chi connectivity index (χ0n) is 36.8. The first-order valence-electron chi connectivity index (χ1n) is 23.2. The largest absolute Gasteiger partial charge is 0.310 e. The normalized spacial score (nSPS) is 14.0. The second-order valence-corrected chi connectivity index (χ2v) is 17.7. The Kier molecular flexibility index (Phi) is 9.11.